The molecule has 0 aromatic rings. The van der Waals surface area contributed by atoms with Crippen LogP contribution in [-0.2, 0) is 23.8 Å². The normalized spacial score (nSPS) is 19.2. The largest absolute Gasteiger partial charge is 0.454 e. The first-order valence-corrected chi connectivity index (χ1v) is 32.5. The van der Waals surface area contributed by atoms with E-state index in [4.69, 9.17) is 14.2 Å². The highest BCUT2D eigenvalue weighted by molar-refractivity contribution is 5.80. The lowest BCUT2D eigenvalue weighted by Gasteiger charge is -2.41. The van der Waals surface area contributed by atoms with Gasteiger partial charge < -0.3 is 45.1 Å². The third-order valence-corrected chi connectivity index (χ3v) is 15.7. The maximum atomic E-state index is 13.4. The zero-order valence-electron chi connectivity index (χ0n) is 49.2. The van der Waals surface area contributed by atoms with Gasteiger partial charge in [0.15, 0.2) is 12.4 Å². The Morgan fingerprint density at radius 3 is 1.25 bits per heavy atom. The molecule has 8 unspecified atom stereocenters. The maximum Gasteiger partial charge on any atom is 0.306 e. The summed E-state index contributed by atoms with van der Waals surface area (Å²) in [5, 5.41) is 56.9. The predicted octanol–water partition coefficient (Wildman–Crippen LogP) is 15.5. The first-order valence-electron chi connectivity index (χ1n) is 32.5. The Morgan fingerprint density at radius 2 is 0.867 bits per heavy atom. The number of amides is 1. The van der Waals surface area contributed by atoms with E-state index in [2.05, 4.69) is 26.1 Å². The van der Waals surface area contributed by atoms with Gasteiger partial charge in [-0.2, -0.15) is 0 Å². The minimum Gasteiger partial charge on any atom is -0.454 e. The molecule has 1 fully saturated rings. The molecule has 1 saturated heterocycles. The molecule has 0 radical (unpaired) electrons. The predicted molar refractivity (Wildman–Crippen MR) is 311 cm³/mol. The van der Waals surface area contributed by atoms with Crippen molar-refractivity contribution in [2.75, 3.05) is 13.2 Å². The molecular formula is C64H123NO10. The van der Waals surface area contributed by atoms with Crippen molar-refractivity contribution in [3.05, 3.63) is 12.2 Å². The molecule has 0 saturated carbocycles. The number of carbonyl (C=O) groups is 2. The zero-order valence-corrected chi connectivity index (χ0v) is 49.2. The topological polar surface area (TPSA) is 175 Å². The lowest BCUT2D eigenvalue weighted by Crippen LogP contribution is -2.61. The second kappa shape index (κ2) is 53.1. The number of hydrogen-bond acceptors (Lipinski definition) is 10. The number of hydrogen-bond donors (Lipinski definition) is 6. The van der Waals surface area contributed by atoms with Gasteiger partial charge in [0, 0.05) is 6.42 Å². The van der Waals surface area contributed by atoms with E-state index < -0.39 is 67.4 Å². The molecule has 1 aliphatic rings. The molecule has 0 aromatic carbocycles. The van der Waals surface area contributed by atoms with Crippen molar-refractivity contribution in [3.63, 3.8) is 0 Å². The SMILES string of the molecule is CCCCCCCCCCCCC/C=C/C(O)C(COC1OC(CO)C(O)C(O)C1OC(=O)CCCCCCCCCCCCCCCCCCCCCCCCC)NC(=O)C(O)CCCCCCCCCCCC. The number of ether oxygens (including phenoxy) is 3. The summed E-state index contributed by atoms with van der Waals surface area (Å²) >= 11 is 0. The zero-order chi connectivity index (χ0) is 54.7. The van der Waals surface area contributed by atoms with Gasteiger partial charge in [0.25, 0.3) is 0 Å². The standard InChI is InChI=1S/C64H123NO10/c1-4-7-10-13-16-19-22-24-25-26-27-28-29-30-31-32-33-35-37-40-43-46-49-52-59(69)75-62-61(71)60(70)58(53-66)74-64(62)73-54-55(56(67)50-47-44-41-39-36-34-23-20-17-14-11-8-5-2)65-63(72)57(68)51-48-45-42-38-21-18-15-12-9-6-3/h47,50,55-58,60-62,64,66-68,70-71H,4-46,48-49,51-54H2,1-3H3,(H,65,72)/b50-47+. The number of aliphatic hydroxyl groups is 5. The number of aliphatic hydroxyl groups excluding tert-OH is 5. The van der Waals surface area contributed by atoms with Crippen LogP contribution in [0.5, 0.6) is 0 Å². The minimum absolute atomic E-state index is 0.132. The summed E-state index contributed by atoms with van der Waals surface area (Å²) in [5.41, 5.74) is 0. The van der Waals surface area contributed by atoms with Gasteiger partial charge in [-0.25, -0.2) is 0 Å². The Labute approximate surface area is 461 Å². The fraction of sp³-hybridized carbons (Fsp3) is 0.938. The molecule has 0 spiro atoms. The van der Waals surface area contributed by atoms with Crippen molar-refractivity contribution < 1.29 is 49.3 Å². The van der Waals surface area contributed by atoms with Crippen LogP contribution >= 0.6 is 0 Å². The van der Waals surface area contributed by atoms with Crippen molar-refractivity contribution in [1.82, 2.24) is 5.32 Å². The molecular weight excluding hydrogens is 943 g/mol. The van der Waals surface area contributed by atoms with Crippen LogP contribution in [0.2, 0.25) is 0 Å². The first kappa shape index (κ1) is 71.4. The molecule has 0 bridgehead atoms. The molecule has 1 amide bonds. The van der Waals surface area contributed by atoms with E-state index in [-0.39, 0.29) is 13.0 Å². The smallest absolute Gasteiger partial charge is 0.306 e. The minimum atomic E-state index is -1.61. The van der Waals surface area contributed by atoms with Gasteiger partial charge >= 0.3 is 5.97 Å². The third-order valence-electron chi connectivity index (χ3n) is 15.7. The Hall–Kier alpha value is -1.60. The Bertz CT molecular complexity index is 1270. The van der Waals surface area contributed by atoms with Gasteiger partial charge in [0.1, 0.15) is 24.4 Å². The average molecular weight is 1070 g/mol. The second-order valence-electron chi connectivity index (χ2n) is 22.9. The van der Waals surface area contributed by atoms with Crippen molar-refractivity contribution in [3.8, 4) is 0 Å². The van der Waals surface area contributed by atoms with Crippen LogP contribution in [0.25, 0.3) is 0 Å². The van der Waals surface area contributed by atoms with Gasteiger partial charge in [-0.15, -0.1) is 0 Å². The second-order valence-corrected chi connectivity index (χ2v) is 22.9. The van der Waals surface area contributed by atoms with Crippen LogP contribution in [0.4, 0.5) is 0 Å². The van der Waals surface area contributed by atoms with Crippen LogP contribution < -0.4 is 5.32 Å². The van der Waals surface area contributed by atoms with Gasteiger partial charge in [-0.05, 0) is 25.7 Å². The van der Waals surface area contributed by atoms with E-state index in [9.17, 15) is 35.1 Å². The highest BCUT2D eigenvalue weighted by Crippen LogP contribution is 2.26. The van der Waals surface area contributed by atoms with E-state index in [1.165, 1.54) is 218 Å². The molecule has 11 nitrogen and oxygen atoms in total. The van der Waals surface area contributed by atoms with Crippen molar-refractivity contribution in [2.24, 2.45) is 0 Å². The molecule has 1 rings (SSSR count). The molecule has 1 aliphatic heterocycles. The molecule has 1 heterocycles. The number of allylic oxidation sites excluding steroid dienone is 1. The highest BCUT2D eigenvalue weighted by atomic mass is 16.7. The van der Waals surface area contributed by atoms with E-state index in [0.29, 0.717) is 19.3 Å². The summed E-state index contributed by atoms with van der Waals surface area (Å²) in [7, 11) is 0. The van der Waals surface area contributed by atoms with Crippen molar-refractivity contribution in [2.45, 2.75) is 372 Å². The number of nitrogens with one attached hydrogen (secondary N) is 1. The number of carbonyl (C=O) groups excluding carboxylic acids is 2. The van der Waals surface area contributed by atoms with E-state index in [0.717, 1.165) is 57.8 Å². The van der Waals surface area contributed by atoms with Crippen LogP contribution in [-0.4, -0.2) is 99.6 Å². The Balaban J connectivity index is 2.57. The molecule has 6 N–H and O–H groups in total. The van der Waals surface area contributed by atoms with Gasteiger partial charge in [-0.1, -0.05) is 303 Å². The quantitative estimate of drug-likeness (QED) is 0.0195. The Morgan fingerprint density at radius 1 is 0.507 bits per heavy atom. The number of rotatable bonds is 56. The molecule has 75 heavy (non-hydrogen) atoms. The van der Waals surface area contributed by atoms with Gasteiger partial charge in [0.05, 0.1) is 25.4 Å². The molecule has 11 heteroatoms. The van der Waals surface area contributed by atoms with Crippen LogP contribution in [0.1, 0.15) is 323 Å². The molecule has 444 valence electrons. The monoisotopic (exact) mass is 1070 g/mol. The fourth-order valence-corrected chi connectivity index (χ4v) is 10.5. The molecule has 0 aliphatic carbocycles. The fourth-order valence-electron chi connectivity index (χ4n) is 10.5. The first-order chi connectivity index (χ1) is 36.7. The lowest BCUT2D eigenvalue weighted by atomic mass is 9.99. The maximum absolute atomic E-state index is 13.4. The Kier molecular flexibility index (Phi) is 50.5. The highest BCUT2D eigenvalue weighted by Gasteiger charge is 2.47. The third kappa shape index (κ3) is 41.1. The molecule has 0 aromatic heterocycles. The van der Waals surface area contributed by atoms with Crippen molar-refractivity contribution >= 4 is 11.9 Å². The summed E-state index contributed by atoms with van der Waals surface area (Å²) < 4.78 is 17.6. The summed E-state index contributed by atoms with van der Waals surface area (Å²) in [6.07, 6.45) is 49.8. The van der Waals surface area contributed by atoms with Crippen LogP contribution in [0.15, 0.2) is 12.2 Å². The van der Waals surface area contributed by atoms with E-state index in [1.54, 1.807) is 6.08 Å². The average Bonchev–Trinajstić information content (AvgIpc) is 3.41. The lowest BCUT2D eigenvalue weighted by molar-refractivity contribution is -0.305. The number of unbranched alkanes of at least 4 members (excludes halogenated alkanes) is 42. The van der Waals surface area contributed by atoms with Gasteiger partial charge in [0.2, 0.25) is 5.91 Å². The summed E-state index contributed by atoms with van der Waals surface area (Å²) in [6, 6.07) is -1.01. The summed E-state index contributed by atoms with van der Waals surface area (Å²) in [5.74, 6) is -1.18. The van der Waals surface area contributed by atoms with Crippen LogP contribution in [0.3, 0.4) is 0 Å². The number of esters is 1. The van der Waals surface area contributed by atoms with E-state index >= 15 is 0 Å². The summed E-state index contributed by atoms with van der Waals surface area (Å²) in [4.78, 5) is 26.5. The van der Waals surface area contributed by atoms with E-state index in [1.807, 2.05) is 6.08 Å². The van der Waals surface area contributed by atoms with Gasteiger partial charge in [-0.3, -0.25) is 9.59 Å². The van der Waals surface area contributed by atoms with Crippen molar-refractivity contribution in [1.29, 1.82) is 0 Å². The molecule has 8 atom stereocenters. The van der Waals surface area contributed by atoms with Crippen LogP contribution in [0, 0.1) is 0 Å². The summed E-state index contributed by atoms with van der Waals surface area (Å²) in [6.45, 7) is 5.81.